The highest BCUT2D eigenvalue weighted by atomic mass is 16.5. The Kier molecular flexibility index (Phi) is 7.37. The van der Waals surface area contributed by atoms with Crippen molar-refractivity contribution in [1.82, 2.24) is 20.1 Å². The highest BCUT2D eigenvalue weighted by molar-refractivity contribution is 6.07. The van der Waals surface area contributed by atoms with Gasteiger partial charge in [-0.05, 0) is 43.2 Å². The van der Waals surface area contributed by atoms with Gasteiger partial charge in [0.2, 0.25) is 5.91 Å². The molecule has 2 aliphatic rings. The molecule has 1 unspecified atom stereocenters. The lowest BCUT2D eigenvalue weighted by molar-refractivity contribution is -0.122. The summed E-state index contributed by atoms with van der Waals surface area (Å²) in [6.07, 6.45) is 3.79. The summed E-state index contributed by atoms with van der Waals surface area (Å²) >= 11 is 0. The number of fused-ring (bicyclic) bond motifs is 2. The number of piperazine rings is 1. The summed E-state index contributed by atoms with van der Waals surface area (Å²) in [5.74, 6) is 0.706. The Balaban J connectivity index is 1.44. The van der Waals surface area contributed by atoms with Crippen molar-refractivity contribution in [3.8, 4) is 0 Å². The SMILES string of the molecule is COCCCNC(=O)CN1CCN(C(=O)c2c3c(nc4ccccc24)CCC(C)C3)CC1. The quantitative estimate of drug-likeness (QED) is 0.672. The molecular weight excluding hydrogens is 404 g/mol. The van der Waals surface area contributed by atoms with Gasteiger partial charge < -0.3 is 15.0 Å². The van der Waals surface area contributed by atoms with Gasteiger partial charge in [0.25, 0.3) is 5.91 Å². The van der Waals surface area contributed by atoms with Crippen molar-refractivity contribution in [3.63, 3.8) is 0 Å². The fourth-order valence-corrected chi connectivity index (χ4v) is 4.78. The summed E-state index contributed by atoms with van der Waals surface area (Å²) in [7, 11) is 1.66. The van der Waals surface area contributed by atoms with E-state index in [1.807, 2.05) is 29.2 Å². The van der Waals surface area contributed by atoms with E-state index >= 15 is 0 Å². The molecule has 0 saturated carbocycles. The maximum atomic E-state index is 13.7. The number of benzene rings is 1. The predicted molar refractivity (Wildman–Crippen MR) is 125 cm³/mol. The molecule has 2 amide bonds. The van der Waals surface area contributed by atoms with Gasteiger partial charge in [-0.2, -0.15) is 0 Å². The van der Waals surface area contributed by atoms with Crippen molar-refractivity contribution < 1.29 is 14.3 Å². The number of aromatic nitrogens is 1. The fraction of sp³-hybridized carbons (Fsp3) is 0.560. The van der Waals surface area contributed by atoms with Crippen LogP contribution in [0.2, 0.25) is 0 Å². The number of hydrogen-bond acceptors (Lipinski definition) is 5. The van der Waals surface area contributed by atoms with Crippen molar-refractivity contribution >= 4 is 22.7 Å². The lowest BCUT2D eigenvalue weighted by Gasteiger charge is -2.35. The number of nitrogens with zero attached hydrogens (tertiary/aromatic N) is 3. The third kappa shape index (κ3) is 5.10. The molecule has 0 radical (unpaired) electrons. The van der Waals surface area contributed by atoms with Crippen LogP contribution in [0.15, 0.2) is 24.3 Å². The zero-order valence-corrected chi connectivity index (χ0v) is 19.2. The number of rotatable bonds is 7. The van der Waals surface area contributed by atoms with Crippen molar-refractivity contribution in [1.29, 1.82) is 0 Å². The van der Waals surface area contributed by atoms with Gasteiger partial charge in [-0.25, -0.2) is 0 Å². The van der Waals surface area contributed by atoms with E-state index in [0.717, 1.165) is 53.4 Å². The van der Waals surface area contributed by atoms with Gasteiger partial charge in [0.15, 0.2) is 0 Å². The smallest absolute Gasteiger partial charge is 0.254 e. The van der Waals surface area contributed by atoms with Crippen molar-refractivity contribution in [2.45, 2.75) is 32.6 Å². The first-order valence-electron chi connectivity index (χ1n) is 11.7. The Morgan fingerprint density at radius 3 is 2.75 bits per heavy atom. The second-order valence-electron chi connectivity index (χ2n) is 9.04. The molecular formula is C25H34N4O3. The van der Waals surface area contributed by atoms with Gasteiger partial charge in [0, 0.05) is 57.5 Å². The Bertz CT molecular complexity index is 969. The Hall–Kier alpha value is -2.51. The van der Waals surface area contributed by atoms with Crippen LogP contribution < -0.4 is 5.32 Å². The van der Waals surface area contributed by atoms with Crippen molar-refractivity contribution in [2.75, 3.05) is 53.0 Å². The highest BCUT2D eigenvalue weighted by Crippen LogP contribution is 2.32. The summed E-state index contributed by atoms with van der Waals surface area (Å²) in [4.78, 5) is 34.8. The summed E-state index contributed by atoms with van der Waals surface area (Å²) in [6.45, 7) is 6.59. The average molecular weight is 439 g/mol. The lowest BCUT2D eigenvalue weighted by Crippen LogP contribution is -2.51. The number of para-hydroxylation sites is 1. The molecule has 1 N–H and O–H groups in total. The van der Waals surface area contributed by atoms with Gasteiger partial charge in [-0.1, -0.05) is 25.1 Å². The third-order valence-corrected chi connectivity index (χ3v) is 6.59. The molecule has 172 valence electrons. The summed E-state index contributed by atoms with van der Waals surface area (Å²) in [6, 6.07) is 8.01. The molecule has 2 aromatic rings. The number of nitrogens with one attached hydrogen (secondary N) is 1. The zero-order valence-electron chi connectivity index (χ0n) is 19.2. The minimum atomic E-state index is 0.0315. The van der Waals surface area contributed by atoms with Crippen LogP contribution >= 0.6 is 0 Å². The van der Waals surface area contributed by atoms with Gasteiger partial charge in [0.1, 0.15) is 0 Å². The maximum absolute atomic E-state index is 13.7. The summed E-state index contributed by atoms with van der Waals surface area (Å²) in [5, 5.41) is 3.90. The first-order chi connectivity index (χ1) is 15.6. The van der Waals surface area contributed by atoms with Crippen LogP contribution in [-0.2, 0) is 22.4 Å². The molecule has 1 aliphatic heterocycles. The molecule has 2 heterocycles. The van der Waals surface area contributed by atoms with E-state index in [1.165, 1.54) is 0 Å². The Morgan fingerprint density at radius 1 is 1.19 bits per heavy atom. The molecule has 1 atom stereocenters. The van der Waals surface area contributed by atoms with Gasteiger partial charge in [-0.15, -0.1) is 0 Å². The molecule has 1 fully saturated rings. The highest BCUT2D eigenvalue weighted by Gasteiger charge is 2.29. The summed E-state index contributed by atoms with van der Waals surface area (Å²) < 4.78 is 5.01. The van der Waals surface area contributed by atoms with Crippen LogP contribution in [-0.4, -0.2) is 79.6 Å². The second-order valence-corrected chi connectivity index (χ2v) is 9.04. The number of carbonyl (C=O) groups excluding carboxylic acids is 2. The predicted octanol–water partition coefficient (Wildman–Crippen LogP) is 2.27. The van der Waals surface area contributed by atoms with Crippen LogP contribution in [0, 0.1) is 5.92 Å². The van der Waals surface area contributed by atoms with Crippen LogP contribution in [0.4, 0.5) is 0 Å². The van der Waals surface area contributed by atoms with Crippen LogP contribution in [0.1, 0.15) is 41.4 Å². The number of pyridine rings is 1. The van der Waals surface area contributed by atoms with E-state index in [-0.39, 0.29) is 11.8 Å². The Labute approximate surface area is 190 Å². The van der Waals surface area contributed by atoms with Crippen molar-refractivity contribution in [3.05, 3.63) is 41.1 Å². The normalized spacial score (nSPS) is 19.1. The number of methoxy groups -OCH3 is 1. The lowest BCUT2D eigenvalue weighted by atomic mass is 9.83. The number of carbonyl (C=O) groups is 2. The molecule has 1 saturated heterocycles. The monoisotopic (exact) mass is 438 g/mol. The summed E-state index contributed by atoms with van der Waals surface area (Å²) in [5.41, 5.74) is 3.99. The van der Waals surface area contributed by atoms with Crippen LogP contribution in [0.3, 0.4) is 0 Å². The van der Waals surface area contributed by atoms with E-state index < -0.39 is 0 Å². The maximum Gasteiger partial charge on any atom is 0.254 e. The minimum Gasteiger partial charge on any atom is -0.385 e. The molecule has 32 heavy (non-hydrogen) atoms. The molecule has 7 nitrogen and oxygen atoms in total. The van der Waals surface area contributed by atoms with E-state index in [2.05, 4.69) is 17.1 Å². The van der Waals surface area contributed by atoms with E-state index in [0.29, 0.717) is 51.8 Å². The molecule has 4 rings (SSSR count). The first-order valence-corrected chi connectivity index (χ1v) is 11.7. The molecule has 1 aliphatic carbocycles. The molecule has 7 heteroatoms. The minimum absolute atomic E-state index is 0.0315. The molecule has 1 aromatic carbocycles. The van der Waals surface area contributed by atoms with Gasteiger partial charge >= 0.3 is 0 Å². The van der Waals surface area contributed by atoms with E-state index in [1.54, 1.807) is 7.11 Å². The van der Waals surface area contributed by atoms with Crippen LogP contribution in [0.5, 0.6) is 0 Å². The number of amides is 2. The number of ether oxygens (including phenoxy) is 1. The topological polar surface area (TPSA) is 74.8 Å². The van der Waals surface area contributed by atoms with E-state index in [9.17, 15) is 9.59 Å². The van der Waals surface area contributed by atoms with Crippen molar-refractivity contribution in [2.24, 2.45) is 5.92 Å². The molecule has 0 bridgehead atoms. The second kappa shape index (κ2) is 10.4. The van der Waals surface area contributed by atoms with Gasteiger partial charge in [-0.3, -0.25) is 19.5 Å². The largest absolute Gasteiger partial charge is 0.385 e. The number of aryl methyl sites for hydroxylation is 1. The molecule has 0 spiro atoms. The number of hydrogen-bond donors (Lipinski definition) is 1. The Morgan fingerprint density at radius 2 is 1.97 bits per heavy atom. The average Bonchev–Trinajstić information content (AvgIpc) is 2.80. The molecule has 1 aromatic heterocycles. The van der Waals surface area contributed by atoms with E-state index in [4.69, 9.17) is 9.72 Å². The first kappa shape index (κ1) is 22.7. The van der Waals surface area contributed by atoms with Crippen LogP contribution in [0.25, 0.3) is 10.9 Å². The third-order valence-electron chi connectivity index (χ3n) is 6.59. The van der Waals surface area contributed by atoms with Gasteiger partial charge in [0.05, 0.1) is 17.6 Å². The fourth-order valence-electron chi connectivity index (χ4n) is 4.78. The standard InChI is InChI=1S/C25H34N4O3/c1-18-8-9-22-20(16-18)24(19-6-3-4-7-21(19)27-22)25(31)29-13-11-28(12-14-29)17-23(30)26-10-5-15-32-2/h3-4,6-7,18H,5,8-17H2,1-2H3,(H,26,30). The zero-order chi connectivity index (χ0) is 22.5.